The molecule has 0 aliphatic heterocycles. The number of fused-ring (bicyclic) bond motifs is 3. The van der Waals surface area contributed by atoms with Crippen LogP contribution in [0.25, 0.3) is 11.1 Å². The number of primary amides is 1. The summed E-state index contributed by atoms with van der Waals surface area (Å²) in [6, 6.07) is 18.4. The highest BCUT2D eigenvalue weighted by molar-refractivity contribution is 5.79. The number of carbonyl (C=O) groups excluding carboxylic acids is 2. The zero-order chi connectivity index (χ0) is 31.2. The molecule has 1 heterocycles. The van der Waals surface area contributed by atoms with Crippen molar-refractivity contribution < 1.29 is 28.7 Å². The van der Waals surface area contributed by atoms with Gasteiger partial charge in [0.2, 0.25) is 5.91 Å². The summed E-state index contributed by atoms with van der Waals surface area (Å²) in [5, 5.41) is 22.9. The second kappa shape index (κ2) is 13.2. The zero-order valence-corrected chi connectivity index (χ0v) is 24.3. The standard InChI is InChI=1S/C31H32N6O7/c1-19(25-14-28(42-2)29(15-27(25)37(40)41)43-13-7-12-30(32)38)36-17-20(34-35-36)16-33-31(39)44-18-26-23-10-5-3-8-21(23)22-9-4-6-11-24(22)26/h3-6,8-11,14-15,17,19,26H,7,12-13,16,18H2,1-2H3,(H2,32,38)(H,33,39). The van der Waals surface area contributed by atoms with Gasteiger partial charge in [-0.25, -0.2) is 9.48 Å². The van der Waals surface area contributed by atoms with E-state index >= 15 is 0 Å². The molecule has 0 saturated heterocycles. The summed E-state index contributed by atoms with van der Waals surface area (Å²) in [7, 11) is 1.43. The maximum atomic E-state index is 12.6. The molecular formula is C31H32N6O7. The lowest BCUT2D eigenvalue weighted by Crippen LogP contribution is -2.25. The van der Waals surface area contributed by atoms with Gasteiger partial charge in [-0.15, -0.1) is 5.10 Å². The van der Waals surface area contributed by atoms with Crippen molar-refractivity contribution in [2.45, 2.75) is 38.3 Å². The molecule has 5 rings (SSSR count). The van der Waals surface area contributed by atoms with Crippen molar-refractivity contribution in [3.05, 3.63) is 99.4 Å². The SMILES string of the molecule is COc1cc(C(C)n2cc(CNC(=O)OCC3c4ccccc4-c4ccccc43)nn2)c([N+](=O)[O-])cc1OCCCC(N)=O. The Balaban J connectivity index is 1.21. The second-order valence-electron chi connectivity index (χ2n) is 10.3. The Morgan fingerprint density at radius 3 is 2.41 bits per heavy atom. The van der Waals surface area contributed by atoms with Crippen LogP contribution in [0.2, 0.25) is 0 Å². The number of benzene rings is 3. The average Bonchev–Trinajstić information content (AvgIpc) is 3.63. The highest BCUT2D eigenvalue weighted by Gasteiger charge is 2.29. The molecule has 1 atom stereocenters. The first-order valence-electron chi connectivity index (χ1n) is 14.0. The predicted molar refractivity (Wildman–Crippen MR) is 159 cm³/mol. The van der Waals surface area contributed by atoms with Gasteiger partial charge in [-0.2, -0.15) is 0 Å². The molecule has 13 heteroatoms. The third-order valence-corrected chi connectivity index (χ3v) is 7.50. The Morgan fingerprint density at radius 2 is 1.77 bits per heavy atom. The van der Waals surface area contributed by atoms with Crippen LogP contribution in [0, 0.1) is 10.1 Å². The van der Waals surface area contributed by atoms with Crippen LogP contribution >= 0.6 is 0 Å². The minimum Gasteiger partial charge on any atom is -0.493 e. The van der Waals surface area contributed by atoms with Crippen molar-refractivity contribution in [2.24, 2.45) is 5.73 Å². The molecule has 0 bridgehead atoms. The molecule has 1 aliphatic carbocycles. The maximum absolute atomic E-state index is 12.6. The van der Waals surface area contributed by atoms with Crippen LogP contribution in [0.1, 0.15) is 54.1 Å². The molecule has 4 aromatic rings. The Kier molecular flexibility index (Phi) is 9.03. The van der Waals surface area contributed by atoms with E-state index in [9.17, 15) is 19.7 Å². The summed E-state index contributed by atoms with van der Waals surface area (Å²) >= 11 is 0. The van der Waals surface area contributed by atoms with Crippen LogP contribution in [0.5, 0.6) is 11.5 Å². The molecule has 3 aromatic carbocycles. The van der Waals surface area contributed by atoms with E-state index in [0.717, 1.165) is 22.3 Å². The van der Waals surface area contributed by atoms with Crippen LogP contribution in [-0.2, 0) is 16.1 Å². The minimum atomic E-state index is -0.607. The number of nitro benzene ring substituents is 1. The van der Waals surface area contributed by atoms with Gasteiger partial charge in [-0.1, -0.05) is 53.7 Å². The summed E-state index contributed by atoms with van der Waals surface area (Å²) in [5.41, 5.74) is 10.2. The summed E-state index contributed by atoms with van der Waals surface area (Å²) in [6.07, 6.45) is 1.49. The number of rotatable bonds is 13. The molecule has 3 N–H and O–H groups in total. The van der Waals surface area contributed by atoms with Crippen molar-refractivity contribution in [3.63, 3.8) is 0 Å². The summed E-state index contributed by atoms with van der Waals surface area (Å²) in [5.74, 6) is -0.0639. The van der Waals surface area contributed by atoms with Crippen LogP contribution in [-0.4, -0.2) is 52.2 Å². The summed E-state index contributed by atoms with van der Waals surface area (Å²) < 4.78 is 18.1. The lowest BCUT2D eigenvalue weighted by Gasteiger charge is -2.16. The number of ether oxygens (including phenoxy) is 3. The van der Waals surface area contributed by atoms with Crippen molar-refractivity contribution in [2.75, 3.05) is 20.3 Å². The molecule has 1 aliphatic rings. The molecule has 0 radical (unpaired) electrons. The molecule has 13 nitrogen and oxygen atoms in total. The van der Waals surface area contributed by atoms with Crippen LogP contribution in [0.4, 0.5) is 10.5 Å². The molecule has 1 unspecified atom stereocenters. The van der Waals surface area contributed by atoms with E-state index in [-0.39, 0.29) is 49.3 Å². The van der Waals surface area contributed by atoms with Crippen molar-refractivity contribution in [1.29, 1.82) is 0 Å². The van der Waals surface area contributed by atoms with Gasteiger partial charge in [0.1, 0.15) is 12.3 Å². The molecular weight excluding hydrogens is 568 g/mol. The summed E-state index contributed by atoms with van der Waals surface area (Å²) in [6.45, 7) is 2.09. The molecule has 44 heavy (non-hydrogen) atoms. The molecule has 1 aromatic heterocycles. The van der Waals surface area contributed by atoms with E-state index in [1.807, 2.05) is 36.4 Å². The third kappa shape index (κ3) is 6.46. The number of nitro groups is 1. The lowest BCUT2D eigenvalue weighted by molar-refractivity contribution is -0.385. The number of nitrogens with zero attached hydrogens (tertiary/aromatic N) is 4. The number of aromatic nitrogens is 3. The Labute approximate surface area is 253 Å². The maximum Gasteiger partial charge on any atom is 0.407 e. The van der Waals surface area contributed by atoms with E-state index in [1.54, 1.807) is 13.1 Å². The van der Waals surface area contributed by atoms with Gasteiger partial charge in [0, 0.05) is 12.3 Å². The van der Waals surface area contributed by atoms with Crippen molar-refractivity contribution in [3.8, 4) is 22.6 Å². The highest BCUT2D eigenvalue weighted by atomic mass is 16.6. The average molecular weight is 601 g/mol. The number of alkyl carbamates (subject to hydrolysis) is 1. The number of methoxy groups -OCH3 is 1. The van der Waals surface area contributed by atoms with Crippen LogP contribution in [0.3, 0.4) is 0 Å². The monoisotopic (exact) mass is 600 g/mol. The number of nitrogens with one attached hydrogen (secondary N) is 1. The quantitative estimate of drug-likeness (QED) is 0.127. The number of nitrogens with two attached hydrogens (primary N) is 1. The Morgan fingerprint density at radius 1 is 1.09 bits per heavy atom. The number of carbonyl (C=O) groups is 2. The van der Waals surface area contributed by atoms with Gasteiger partial charge in [-0.05, 0) is 41.7 Å². The Hall–Kier alpha value is -5.46. The topological polar surface area (TPSA) is 174 Å². The smallest absolute Gasteiger partial charge is 0.407 e. The fraction of sp³-hybridized carbons (Fsp3) is 0.290. The summed E-state index contributed by atoms with van der Waals surface area (Å²) in [4.78, 5) is 35.0. The van der Waals surface area contributed by atoms with Gasteiger partial charge in [0.25, 0.3) is 5.69 Å². The van der Waals surface area contributed by atoms with E-state index in [4.69, 9.17) is 19.9 Å². The van der Waals surface area contributed by atoms with E-state index < -0.39 is 23.0 Å². The fourth-order valence-electron chi connectivity index (χ4n) is 5.30. The normalized spacial score (nSPS) is 12.6. The van der Waals surface area contributed by atoms with Crippen molar-refractivity contribution >= 4 is 17.7 Å². The van der Waals surface area contributed by atoms with Gasteiger partial charge < -0.3 is 25.3 Å². The zero-order valence-electron chi connectivity index (χ0n) is 24.3. The molecule has 0 spiro atoms. The molecule has 2 amide bonds. The first kappa shape index (κ1) is 30.0. The largest absolute Gasteiger partial charge is 0.493 e. The number of amides is 2. The van der Waals surface area contributed by atoms with E-state index in [1.165, 1.54) is 23.9 Å². The van der Waals surface area contributed by atoms with Gasteiger partial charge in [0.05, 0.1) is 49.1 Å². The lowest BCUT2D eigenvalue weighted by atomic mass is 9.98. The van der Waals surface area contributed by atoms with Gasteiger partial charge in [-0.3, -0.25) is 14.9 Å². The molecule has 0 saturated carbocycles. The number of hydrogen-bond acceptors (Lipinski definition) is 9. The molecule has 228 valence electrons. The van der Waals surface area contributed by atoms with Crippen LogP contribution < -0.4 is 20.5 Å². The first-order valence-corrected chi connectivity index (χ1v) is 14.0. The van der Waals surface area contributed by atoms with E-state index in [0.29, 0.717) is 17.7 Å². The highest BCUT2D eigenvalue weighted by Crippen LogP contribution is 2.44. The molecule has 0 fully saturated rings. The first-order chi connectivity index (χ1) is 21.3. The minimum absolute atomic E-state index is 0.0485. The number of hydrogen-bond donors (Lipinski definition) is 2. The van der Waals surface area contributed by atoms with Crippen LogP contribution in [0.15, 0.2) is 66.9 Å². The van der Waals surface area contributed by atoms with Gasteiger partial charge in [0.15, 0.2) is 11.5 Å². The second-order valence-corrected chi connectivity index (χ2v) is 10.3. The van der Waals surface area contributed by atoms with E-state index in [2.05, 4.69) is 27.8 Å². The van der Waals surface area contributed by atoms with Crippen molar-refractivity contribution in [1.82, 2.24) is 20.3 Å². The predicted octanol–water partition coefficient (Wildman–Crippen LogP) is 4.49. The van der Waals surface area contributed by atoms with Gasteiger partial charge >= 0.3 is 6.09 Å². The Bertz CT molecular complexity index is 1640. The third-order valence-electron chi connectivity index (χ3n) is 7.50. The fourth-order valence-corrected chi connectivity index (χ4v) is 5.30.